The highest BCUT2D eigenvalue weighted by Gasteiger charge is 2.18. The van der Waals surface area contributed by atoms with E-state index in [9.17, 15) is 9.59 Å². The van der Waals surface area contributed by atoms with Gasteiger partial charge in [-0.15, -0.1) is 0 Å². The third-order valence-corrected chi connectivity index (χ3v) is 4.04. The number of nitrogens with zero attached hydrogens (tertiary/aromatic N) is 1. The molecule has 0 radical (unpaired) electrons. The van der Waals surface area contributed by atoms with Crippen molar-refractivity contribution in [2.75, 3.05) is 18.8 Å². The van der Waals surface area contributed by atoms with Gasteiger partial charge in [0.2, 0.25) is 0 Å². The van der Waals surface area contributed by atoms with Gasteiger partial charge >= 0.3 is 0 Å². The lowest BCUT2D eigenvalue weighted by molar-refractivity contribution is 0.102. The summed E-state index contributed by atoms with van der Waals surface area (Å²) < 4.78 is 0. The normalized spacial score (nSPS) is 15.3. The number of Topliss-reactive ketones (excluding diaryl/α,β-unsaturated/α-hetero) is 1. The number of aromatic hydroxyl groups is 1. The van der Waals surface area contributed by atoms with Crippen molar-refractivity contribution in [3.63, 3.8) is 0 Å². The zero-order valence-corrected chi connectivity index (χ0v) is 11.5. The Hall–Kier alpha value is -1.49. The first-order valence-electron chi connectivity index (χ1n) is 6.41. The summed E-state index contributed by atoms with van der Waals surface area (Å²) in [5, 5.41) is 9.14. The average Bonchev–Trinajstić information content (AvgIpc) is 2.46. The van der Waals surface area contributed by atoms with Crippen LogP contribution in [-0.2, 0) is 0 Å². The van der Waals surface area contributed by atoms with Gasteiger partial charge in [0, 0.05) is 18.7 Å². The van der Waals surface area contributed by atoms with Crippen molar-refractivity contribution in [2.24, 2.45) is 0 Å². The fourth-order valence-electron chi connectivity index (χ4n) is 2.03. The Bertz CT molecular complexity index is 452. The molecule has 1 amide bonds. The van der Waals surface area contributed by atoms with Crippen LogP contribution in [0.15, 0.2) is 24.3 Å². The minimum absolute atomic E-state index is 0.00757. The van der Waals surface area contributed by atoms with Gasteiger partial charge in [0.15, 0.2) is 5.78 Å². The van der Waals surface area contributed by atoms with Crippen LogP contribution < -0.4 is 0 Å². The van der Waals surface area contributed by atoms with Gasteiger partial charge in [0.05, 0.1) is 5.75 Å². The molecule has 5 heteroatoms. The minimum Gasteiger partial charge on any atom is -0.508 e. The summed E-state index contributed by atoms with van der Waals surface area (Å²) >= 11 is 1.07. The maximum atomic E-state index is 11.9. The molecular weight excluding hydrogens is 262 g/mol. The van der Waals surface area contributed by atoms with Gasteiger partial charge < -0.3 is 10.0 Å². The van der Waals surface area contributed by atoms with Crippen molar-refractivity contribution in [1.82, 2.24) is 4.90 Å². The fourth-order valence-corrected chi connectivity index (χ4v) is 2.81. The number of hydrogen-bond donors (Lipinski definition) is 1. The standard InChI is InChI=1S/C14H17NO3S/c16-12-6-4-11(5-7-12)13(17)10-19-14(18)15-8-2-1-3-9-15/h4-7,16H,1-3,8-10H2. The molecule has 1 heterocycles. The van der Waals surface area contributed by atoms with E-state index in [-0.39, 0.29) is 22.5 Å². The molecule has 1 aliphatic heterocycles. The summed E-state index contributed by atoms with van der Waals surface area (Å²) in [6, 6.07) is 6.10. The van der Waals surface area contributed by atoms with Crippen molar-refractivity contribution < 1.29 is 14.7 Å². The molecule has 0 aliphatic carbocycles. The number of ketones is 1. The Morgan fingerprint density at radius 1 is 1.11 bits per heavy atom. The Morgan fingerprint density at radius 3 is 2.37 bits per heavy atom. The molecule has 0 unspecified atom stereocenters. The van der Waals surface area contributed by atoms with Gasteiger partial charge in [-0.1, -0.05) is 11.8 Å². The molecule has 1 N–H and O–H groups in total. The van der Waals surface area contributed by atoms with Gasteiger partial charge in [0.1, 0.15) is 5.75 Å². The number of phenols is 1. The van der Waals surface area contributed by atoms with Crippen LogP contribution in [0.1, 0.15) is 29.6 Å². The molecule has 19 heavy (non-hydrogen) atoms. The van der Waals surface area contributed by atoms with Gasteiger partial charge in [-0.3, -0.25) is 9.59 Å². The van der Waals surface area contributed by atoms with E-state index in [1.807, 2.05) is 4.90 Å². The van der Waals surface area contributed by atoms with Crippen molar-refractivity contribution in [1.29, 1.82) is 0 Å². The smallest absolute Gasteiger partial charge is 0.282 e. The minimum atomic E-state index is -0.0876. The molecule has 102 valence electrons. The monoisotopic (exact) mass is 279 g/mol. The van der Waals surface area contributed by atoms with E-state index in [1.54, 1.807) is 12.1 Å². The summed E-state index contributed by atoms with van der Waals surface area (Å²) in [4.78, 5) is 25.6. The van der Waals surface area contributed by atoms with Gasteiger partial charge in [-0.05, 0) is 43.5 Å². The largest absolute Gasteiger partial charge is 0.508 e. The molecule has 0 bridgehead atoms. The van der Waals surface area contributed by atoms with Gasteiger partial charge in [-0.25, -0.2) is 0 Å². The topological polar surface area (TPSA) is 57.6 Å². The Labute approximate surface area is 116 Å². The maximum absolute atomic E-state index is 11.9. The molecule has 0 spiro atoms. The highest BCUT2D eigenvalue weighted by atomic mass is 32.2. The summed E-state index contributed by atoms with van der Waals surface area (Å²) in [6.07, 6.45) is 3.29. The molecule has 0 saturated carbocycles. The van der Waals surface area contributed by atoms with Crippen molar-refractivity contribution in [3.05, 3.63) is 29.8 Å². The third kappa shape index (κ3) is 3.99. The number of benzene rings is 1. The van der Waals surface area contributed by atoms with Crippen molar-refractivity contribution >= 4 is 22.8 Å². The first-order chi connectivity index (χ1) is 9.16. The highest BCUT2D eigenvalue weighted by molar-refractivity contribution is 8.14. The van der Waals surface area contributed by atoms with E-state index >= 15 is 0 Å². The molecule has 0 aromatic heterocycles. The molecule has 0 atom stereocenters. The lowest BCUT2D eigenvalue weighted by atomic mass is 10.1. The van der Waals surface area contributed by atoms with E-state index in [1.165, 1.54) is 18.6 Å². The molecule has 1 aliphatic rings. The Balaban J connectivity index is 1.82. The van der Waals surface area contributed by atoms with E-state index in [4.69, 9.17) is 5.11 Å². The molecule has 1 fully saturated rings. The third-order valence-electron chi connectivity index (χ3n) is 3.13. The number of carbonyl (C=O) groups excluding carboxylic acids is 2. The summed E-state index contributed by atoms with van der Waals surface area (Å²) in [5.41, 5.74) is 0.525. The first-order valence-corrected chi connectivity index (χ1v) is 7.39. The van der Waals surface area contributed by atoms with Crippen LogP contribution in [0.2, 0.25) is 0 Å². The number of phenolic OH excluding ortho intramolecular Hbond substituents is 1. The number of carbonyl (C=O) groups is 2. The van der Waals surface area contributed by atoms with Crippen molar-refractivity contribution in [2.45, 2.75) is 19.3 Å². The Kier molecular flexibility index (Phi) is 4.85. The van der Waals surface area contributed by atoms with E-state index in [0.29, 0.717) is 5.56 Å². The second-order valence-corrected chi connectivity index (χ2v) is 5.50. The molecule has 1 aromatic rings. The van der Waals surface area contributed by atoms with Crippen LogP contribution in [0.25, 0.3) is 0 Å². The fraction of sp³-hybridized carbons (Fsp3) is 0.429. The zero-order valence-electron chi connectivity index (χ0n) is 10.7. The number of hydrogen-bond acceptors (Lipinski definition) is 4. The second-order valence-electron chi connectivity index (χ2n) is 4.57. The zero-order chi connectivity index (χ0) is 13.7. The van der Waals surface area contributed by atoms with Gasteiger partial charge in [-0.2, -0.15) is 0 Å². The molecule has 1 saturated heterocycles. The number of piperidine rings is 1. The summed E-state index contributed by atoms with van der Waals surface area (Å²) in [6.45, 7) is 1.61. The molecular formula is C14H17NO3S. The lowest BCUT2D eigenvalue weighted by Gasteiger charge is -2.25. The van der Waals surface area contributed by atoms with Crippen LogP contribution in [0.4, 0.5) is 4.79 Å². The highest BCUT2D eigenvalue weighted by Crippen LogP contribution is 2.17. The van der Waals surface area contributed by atoms with Crippen molar-refractivity contribution in [3.8, 4) is 5.75 Å². The number of thioether (sulfide) groups is 1. The lowest BCUT2D eigenvalue weighted by Crippen LogP contribution is -2.33. The van der Waals surface area contributed by atoms with Gasteiger partial charge in [0.25, 0.3) is 5.24 Å². The predicted molar refractivity (Wildman–Crippen MR) is 75.7 cm³/mol. The first kappa shape index (κ1) is 13.9. The number of likely N-dealkylation sites (tertiary alicyclic amines) is 1. The second kappa shape index (κ2) is 6.61. The molecule has 4 nitrogen and oxygen atoms in total. The molecule has 1 aromatic carbocycles. The van der Waals surface area contributed by atoms with E-state index in [0.717, 1.165) is 37.7 Å². The van der Waals surface area contributed by atoms with E-state index in [2.05, 4.69) is 0 Å². The van der Waals surface area contributed by atoms with Crippen LogP contribution >= 0.6 is 11.8 Å². The van der Waals surface area contributed by atoms with E-state index < -0.39 is 0 Å². The van der Waals surface area contributed by atoms with Crippen LogP contribution in [-0.4, -0.2) is 39.9 Å². The predicted octanol–water partition coefficient (Wildman–Crippen LogP) is 2.91. The SMILES string of the molecule is O=C(CSC(=O)N1CCCCC1)c1ccc(O)cc1. The molecule has 2 rings (SSSR count). The van der Waals surface area contributed by atoms with Crippen LogP contribution in [0, 0.1) is 0 Å². The summed E-state index contributed by atoms with van der Waals surface area (Å²) in [5.74, 6) is 0.198. The Morgan fingerprint density at radius 2 is 1.74 bits per heavy atom. The average molecular weight is 279 g/mol. The summed E-state index contributed by atoms with van der Waals surface area (Å²) in [7, 11) is 0. The number of amides is 1. The maximum Gasteiger partial charge on any atom is 0.282 e. The number of rotatable bonds is 3. The van der Waals surface area contributed by atoms with Crippen LogP contribution in [0.3, 0.4) is 0 Å². The quantitative estimate of drug-likeness (QED) is 0.864. The van der Waals surface area contributed by atoms with Crippen LogP contribution in [0.5, 0.6) is 5.75 Å².